The van der Waals surface area contributed by atoms with E-state index in [2.05, 4.69) is 26.0 Å². The normalized spacial score (nSPS) is 18.6. The molecular formula is C11H18N6O. The van der Waals surface area contributed by atoms with Crippen LogP contribution < -0.4 is 21.9 Å². The Bertz CT molecular complexity index is 413. The van der Waals surface area contributed by atoms with Gasteiger partial charge in [0, 0.05) is 31.5 Å². The second kappa shape index (κ2) is 5.63. The average molecular weight is 250 g/mol. The van der Waals surface area contributed by atoms with Gasteiger partial charge in [0.15, 0.2) is 0 Å². The van der Waals surface area contributed by atoms with Gasteiger partial charge < -0.3 is 16.1 Å². The summed E-state index contributed by atoms with van der Waals surface area (Å²) in [6.45, 7) is 2.65. The number of nitrogens with one attached hydrogen (secondary N) is 3. The molecule has 7 nitrogen and oxygen atoms in total. The van der Waals surface area contributed by atoms with E-state index in [1.165, 1.54) is 0 Å². The molecule has 5 N–H and O–H groups in total. The van der Waals surface area contributed by atoms with Crippen molar-refractivity contribution in [3.63, 3.8) is 0 Å². The van der Waals surface area contributed by atoms with E-state index < -0.39 is 0 Å². The van der Waals surface area contributed by atoms with E-state index >= 15 is 0 Å². The molecule has 1 aromatic heterocycles. The summed E-state index contributed by atoms with van der Waals surface area (Å²) in [6.07, 6.45) is 2.20. The average Bonchev–Trinajstić information content (AvgIpc) is 2.81. The number of nitrogens with zero attached hydrogens (tertiary/aromatic N) is 2. The molecule has 1 unspecified atom stereocenters. The molecule has 1 amide bonds. The van der Waals surface area contributed by atoms with Gasteiger partial charge in [0.2, 0.25) is 5.91 Å². The number of aromatic nitrogens is 2. The van der Waals surface area contributed by atoms with Crippen LogP contribution >= 0.6 is 0 Å². The number of amides is 1. The third kappa shape index (κ3) is 3.07. The molecule has 0 spiro atoms. The fraction of sp³-hybridized carbons (Fsp3) is 0.545. The summed E-state index contributed by atoms with van der Waals surface area (Å²) in [4.78, 5) is 19.6. The van der Waals surface area contributed by atoms with E-state index in [1.807, 2.05) is 6.92 Å². The summed E-state index contributed by atoms with van der Waals surface area (Å²) in [6, 6.07) is 1.92. The second-order valence-corrected chi connectivity index (χ2v) is 4.24. The van der Waals surface area contributed by atoms with Crippen LogP contribution in [0.15, 0.2) is 6.07 Å². The van der Waals surface area contributed by atoms with Crippen LogP contribution in [-0.2, 0) is 11.2 Å². The lowest BCUT2D eigenvalue weighted by Crippen LogP contribution is -2.32. The number of hydrazine groups is 1. The van der Waals surface area contributed by atoms with Crippen molar-refractivity contribution < 1.29 is 4.79 Å². The minimum atomic E-state index is 0.114. The molecule has 0 aliphatic carbocycles. The van der Waals surface area contributed by atoms with Crippen molar-refractivity contribution in [1.29, 1.82) is 0 Å². The highest BCUT2D eigenvalue weighted by molar-refractivity contribution is 5.78. The lowest BCUT2D eigenvalue weighted by Gasteiger charge is -2.13. The summed E-state index contributed by atoms with van der Waals surface area (Å²) in [7, 11) is 0. The SMILES string of the molecule is CCc1nc(NN)cc(NCC2CCC(=O)N2)n1. The standard InChI is InChI=1S/C11H18N6O/c1-2-8-15-9(5-10(16-8)17-12)13-6-7-3-4-11(18)14-7/h5,7H,2-4,6,12H2,1H3,(H,14,18)(H2,13,15,16,17). The topological polar surface area (TPSA) is 105 Å². The van der Waals surface area contributed by atoms with Crippen LogP contribution in [0.25, 0.3) is 0 Å². The smallest absolute Gasteiger partial charge is 0.220 e. The maximum absolute atomic E-state index is 11.1. The van der Waals surface area contributed by atoms with Gasteiger partial charge in [-0.05, 0) is 6.42 Å². The fourth-order valence-electron chi connectivity index (χ4n) is 1.88. The lowest BCUT2D eigenvalue weighted by molar-refractivity contribution is -0.119. The van der Waals surface area contributed by atoms with Crippen molar-refractivity contribution in [2.24, 2.45) is 5.84 Å². The molecule has 2 heterocycles. The number of hydrogen-bond donors (Lipinski definition) is 4. The van der Waals surface area contributed by atoms with Gasteiger partial charge in [-0.25, -0.2) is 15.8 Å². The molecule has 0 radical (unpaired) electrons. The van der Waals surface area contributed by atoms with Crippen molar-refractivity contribution >= 4 is 17.5 Å². The predicted molar refractivity (Wildman–Crippen MR) is 68.9 cm³/mol. The number of rotatable bonds is 5. The van der Waals surface area contributed by atoms with Gasteiger partial charge in [0.05, 0.1) is 0 Å². The van der Waals surface area contributed by atoms with Gasteiger partial charge in [0.25, 0.3) is 0 Å². The third-order valence-electron chi connectivity index (χ3n) is 2.85. The number of carbonyl (C=O) groups is 1. The summed E-state index contributed by atoms with van der Waals surface area (Å²) in [5.74, 6) is 7.49. The molecule has 0 saturated carbocycles. The first-order valence-corrected chi connectivity index (χ1v) is 6.09. The Hall–Kier alpha value is -1.89. The molecule has 1 saturated heterocycles. The van der Waals surface area contributed by atoms with Gasteiger partial charge in [-0.1, -0.05) is 6.92 Å². The molecule has 1 aromatic rings. The van der Waals surface area contributed by atoms with E-state index in [0.717, 1.165) is 24.5 Å². The third-order valence-corrected chi connectivity index (χ3v) is 2.85. The van der Waals surface area contributed by atoms with E-state index in [4.69, 9.17) is 5.84 Å². The summed E-state index contributed by atoms with van der Waals surface area (Å²) in [5, 5.41) is 6.09. The Kier molecular flexibility index (Phi) is 3.93. The first-order chi connectivity index (χ1) is 8.71. The van der Waals surface area contributed by atoms with E-state index in [9.17, 15) is 4.79 Å². The molecular weight excluding hydrogens is 232 g/mol. The van der Waals surface area contributed by atoms with Crippen molar-refractivity contribution in [3.8, 4) is 0 Å². The monoisotopic (exact) mass is 250 g/mol. The fourth-order valence-corrected chi connectivity index (χ4v) is 1.88. The molecule has 7 heteroatoms. The number of nitrogen functional groups attached to an aromatic ring is 1. The van der Waals surface area contributed by atoms with Gasteiger partial charge >= 0.3 is 0 Å². The number of nitrogens with two attached hydrogens (primary N) is 1. The minimum Gasteiger partial charge on any atom is -0.368 e. The van der Waals surface area contributed by atoms with Crippen LogP contribution in [0.5, 0.6) is 0 Å². The van der Waals surface area contributed by atoms with Gasteiger partial charge in [-0.15, -0.1) is 0 Å². The van der Waals surface area contributed by atoms with Crippen LogP contribution in [0.1, 0.15) is 25.6 Å². The van der Waals surface area contributed by atoms with E-state index in [0.29, 0.717) is 18.8 Å². The molecule has 1 atom stereocenters. The molecule has 0 aromatic carbocycles. The van der Waals surface area contributed by atoms with E-state index in [1.54, 1.807) is 6.07 Å². The Morgan fingerprint density at radius 3 is 2.89 bits per heavy atom. The molecule has 1 aliphatic heterocycles. The largest absolute Gasteiger partial charge is 0.368 e. The number of carbonyl (C=O) groups excluding carboxylic acids is 1. The zero-order valence-corrected chi connectivity index (χ0v) is 10.4. The lowest BCUT2D eigenvalue weighted by atomic mass is 10.2. The maximum Gasteiger partial charge on any atom is 0.220 e. The van der Waals surface area contributed by atoms with Crippen LogP contribution in [-0.4, -0.2) is 28.5 Å². The predicted octanol–water partition coefficient (Wildman–Crippen LogP) is 0.0151. The highest BCUT2D eigenvalue weighted by Crippen LogP contribution is 2.12. The molecule has 98 valence electrons. The second-order valence-electron chi connectivity index (χ2n) is 4.24. The molecule has 18 heavy (non-hydrogen) atoms. The number of anilines is 2. The molecule has 1 aliphatic rings. The zero-order chi connectivity index (χ0) is 13.0. The zero-order valence-electron chi connectivity index (χ0n) is 10.4. The van der Waals surface area contributed by atoms with Crippen molar-refractivity contribution in [2.75, 3.05) is 17.3 Å². The first kappa shape index (κ1) is 12.6. The van der Waals surface area contributed by atoms with Crippen LogP contribution in [0.3, 0.4) is 0 Å². The summed E-state index contributed by atoms with van der Waals surface area (Å²) in [5.41, 5.74) is 2.52. The Balaban J connectivity index is 1.97. The summed E-state index contributed by atoms with van der Waals surface area (Å²) >= 11 is 0. The quantitative estimate of drug-likeness (QED) is 0.433. The molecule has 1 fully saturated rings. The van der Waals surface area contributed by atoms with Crippen LogP contribution in [0, 0.1) is 0 Å². The number of aryl methyl sites for hydroxylation is 1. The van der Waals surface area contributed by atoms with Gasteiger partial charge in [0.1, 0.15) is 17.5 Å². The highest BCUT2D eigenvalue weighted by Gasteiger charge is 2.20. The number of hydrogen-bond acceptors (Lipinski definition) is 6. The van der Waals surface area contributed by atoms with Crippen molar-refractivity contribution in [2.45, 2.75) is 32.2 Å². The van der Waals surface area contributed by atoms with E-state index in [-0.39, 0.29) is 11.9 Å². The first-order valence-electron chi connectivity index (χ1n) is 6.09. The summed E-state index contributed by atoms with van der Waals surface area (Å²) < 4.78 is 0. The Morgan fingerprint density at radius 2 is 2.28 bits per heavy atom. The Morgan fingerprint density at radius 1 is 1.50 bits per heavy atom. The van der Waals surface area contributed by atoms with Crippen LogP contribution in [0.4, 0.5) is 11.6 Å². The molecule has 2 rings (SSSR count). The van der Waals surface area contributed by atoms with Gasteiger partial charge in [-0.2, -0.15) is 0 Å². The van der Waals surface area contributed by atoms with Crippen LogP contribution in [0.2, 0.25) is 0 Å². The maximum atomic E-state index is 11.1. The highest BCUT2D eigenvalue weighted by atomic mass is 16.1. The Labute approximate surface area is 106 Å². The molecule has 0 bridgehead atoms. The minimum absolute atomic E-state index is 0.114. The van der Waals surface area contributed by atoms with Crippen molar-refractivity contribution in [1.82, 2.24) is 15.3 Å². The van der Waals surface area contributed by atoms with Gasteiger partial charge in [-0.3, -0.25) is 4.79 Å². The van der Waals surface area contributed by atoms with Crippen molar-refractivity contribution in [3.05, 3.63) is 11.9 Å².